The zero-order valence-electron chi connectivity index (χ0n) is 15.8. The second kappa shape index (κ2) is 14.7. The van der Waals surface area contributed by atoms with Crippen molar-refractivity contribution in [3.05, 3.63) is 12.2 Å². The number of aliphatic hydroxyl groups excluding tert-OH is 3. The van der Waals surface area contributed by atoms with E-state index in [4.69, 9.17) is 14.6 Å². The normalized spacial score (nSPS) is 25.0. The molecule has 0 aromatic carbocycles. The number of hydrogen-bond acceptors (Lipinski definition) is 5. The van der Waals surface area contributed by atoms with E-state index in [0.29, 0.717) is 6.61 Å². The van der Waals surface area contributed by atoms with Crippen LogP contribution in [-0.4, -0.2) is 59.6 Å². The third-order valence-electron chi connectivity index (χ3n) is 4.72. The lowest BCUT2D eigenvalue weighted by atomic mass is 10.1. The van der Waals surface area contributed by atoms with Gasteiger partial charge in [0.2, 0.25) is 0 Å². The number of rotatable bonds is 15. The molecule has 1 heterocycles. The zero-order chi connectivity index (χ0) is 18.3. The van der Waals surface area contributed by atoms with Gasteiger partial charge in [-0.1, -0.05) is 51.2 Å². The lowest BCUT2D eigenvalue weighted by molar-refractivity contribution is -0.0730. The van der Waals surface area contributed by atoms with Crippen molar-refractivity contribution in [1.29, 1.82) is 0 Å². The molecule has 1 rings (SSSR count). The van der Waals surface area contributed by atoms with Crippen molar-refractivity contribution >= 4 is 0 Å². The third kappa shape index (κ3) is 9.71. The maximum Gasteiger partial charge on any atom is 0.114 e. The largest absolute Gasteiger partial charge is 0.394 e. The van der Waals surface area contributed by atoms with E-state index in [-0.39, 0.29) is 6.61 Å². The zero-order valence-corrected chi connectivity index (χ0v) is 15.8. The molecule has 4 atom stereocenters. The van der Waals surface area contributed by atoms with E-state index in [0.717, 1.165) is 19.3 Å². The Kier molecular flexibility index (Phi) is 13.3. The molecule has 148 valence electrons. The highest BCUT2D eigenvalue weighted by Crippen LogP contribution is 2.20. The van der Waals surface area contributed by atoms with E-state index in [1.54, 1.807) is 0 Å². The molecule has 1 saturated heterocycles. The van der Waals surface area contributed by atoms with Gasteiger partial charge in [0.25, 0.3) is 0 Å². The highest BCUT2D eigenvalue weighted by Gasteiger charge is 2.40. The van der Waals surface area contributed by atoms with Gasteiger partial charge in [0.15, 0.2) is 0 Å². The molecule has 0 aromatic rings. The Morgan fingerprint density at radius 1 is 1.04 bits per heavy atom. The second-order valence-corrected chi connectivity index (χ2v) is 6.97. The molecule has 0 spiro atoms. The molecule has 0 amide bonds. The maximum absolute atomic E-state index is 10.0. The Morgan fingerprint density at radius 3 is 2.36 bits per heavy atom. The average molecular weight is 359 g/mol. The highest BCUT2D eigenvalue weighted by atomic mass is 16.6. The van der Waals surface area contributed by atoms with Gasteiger partial charge in [-0.3, -0.25) is 0 Å². The smallest absolute Gasteiger partial charge is 0.114 e. The van der Waals surface area contributed by atoms with Crippen LogP contribution >= 0.6 is 0 Å². The summed E-state index contributed by atoms with van der Waals surface area (Å²) >= 11 is 0. The molecule has 3 N–H and O–H groups in total. The molecule has 1 aliphatic rings. The van der Waals surface area contributed by atoms with Crippen LogP contribution < -0.4 is 0 Å². The summed E-state index contributed by atoms with van der Waals surface area (Å²) in [7, 11) is 0. The summed E-state index contributed by atoms with van der Waals surface area (Å²) in [5.74, 6) is 0. The molecule has 0 aromatic heterocycles. The number of hydrogen-bond donors (Lipinski definition) is 3. The lowest BCUT2D eigenvalue weighted by Crippen LogP contribution is -2.41. The fourth-order valence-corrected chi connectivity index (χ4v) is 3.08. The Bertz CT molecular complexity index is 334. The fourth-order valence-electron chi connectivity index (χ4n) is 3.08. The van der Waals surface area contributed by atoms with Gasteiger partial charge in [-0.25, -0.2) is 0 Å². The molecular formula is C20H38O5. The summed E-state index contributed by atoms with van der Waals surface area (Å²) in [6, 6.07) is 0. The fraction of sp³-hybridized carbons (Fsp3) is 0.900. The molecular weight excluding hydrogens is 320 g/mol. The molecule has 1 aliphatic heterocycles. The number of allylic oxidation sites excluding steroid dienone is 2. The number of aliphatic hydroxyl groups is 3. The first-order valence-electron chi connectivity index (χ1n) is 10.1. The summed E-state index contributed by atoms with van der Waals surface area (Å²) in [4.78, 5) is 0. The molecule has 25 heavy (non-hydrogen) atoms. The Morgan fingerprint density at radius 2 is 1.68 bits per heavy atom. The van der Waals surface area contributed by atoms with Crippen LogP contribution in [0.25, 0.3) is 0 Å². The van der Waals surface area contributed by atoms with Crippen LogP contribution in [0.15, 0.2) is 12.2 Å². The summed E-state index contributed by atoms with van der Waals surface area (Å²) in [6.45, 7) is 2.68. The summed E-state index contributed by atoms with van der Waals surface area (Å²) in [6.07, 6.45) is 13.8. The van der Waals surface area contributed by atoms with Crippen LogP contribution in [0, 0.1) is 0 Å². The minimum Gasteiger partial charge on any atom is -0.394 e. The van der Waals surface area contributed by atoms with Crippen molar-refractivity contribution in [3.63, 3.8) is 0 Å². The van der Waals surface area contributed by atoms with Gasteiger partial charge >= 0.3 is 0 Å². The van der Waals surface area contributed by atoms with Crippen LogP contribution in [0.4, 0.5) is 0 Å². The van der Waals surface area contributed by atoms with E-state index in [1.165, 1.54) is 44.9 Å². The molecule has 5 heteroatoms. The van der Waals surface area contributed by atoms with Gasteiger partial charge in [-0.2, -0.15) is 0 Å². The topological polar surface area (TPSA) is 79.2 Å². The van der Waals surface area contributed by atoms with Crippen LogP contribution in [0.1, 0.15) is 71.1 Å². The summed E-state index contributed by atoms with van der Waals surface area (Å²) in [5.41, 5.74) is 0. The lowest BCUT2D eigenvalue weighted by Gasteiger charge is -2.20. The van der Waals surface area contributed by atoms with Gasteiger partial charge < -0.3 is 24.8 Å². The highest BCUT2D eigenvalue weighted by molar-refractivity contribution is 4.88. The molecule has 5 nitrogen and oxygen atoms in total. The van der Waals surface area contributed by atoms with Gasteiger partial charge in [0.1, 0.15) is 24.4 Å². The molecule has 0 saturated carbocycles. The van der Waals surface area contributed by atoms with Gasteiger partial charge in [0.05, 0.1) is 13.2 Å². The monoisotopic (exact) mass is 358 g/mol. The van der Waals surface area contributed by atoms with Crippen molar-refractivity contribution in [2.75, 3.05) is 19.8 Å². The van der Waals surface area contributed by atoms with E-state index in [9.17, 15) is 10.2 Å². The third-order valence-corrected chi connectivity index (χ3v) is 4.72. The van der Waals surface area contributed by atoms with Gasteiger partial charge in [-0.15, -0.1) is 0 Å². The predicted molar refractivity (Wildman–Crippen MR) is 99.6 cm³/mol. The average Bonchev–Trinajstić information content (AvgIpc) is 2.99. The first kappa shape index (κ1) is 22.6. The molecule has 0 unspecified atom stereocenters. The molecule has 1 fully saturated rings. The van der Waals surface area contributed by atoms with Gasteiger partial charge in [0, 0.05) is 6.61 Å². The van der Waals surface area contributed by atoms with E-state index >= 15 is 0 Å². The van der Waals surface area contributed by atoms with Crippen molar-refractivity contribution < 1.29 is 24.8 Å². The predicted octanol–water partition coefficient (Wildman–Crippen LogP) is 2.96. The standard InChI is InChI=1S/C20H38O5/c1-2-3-4-5-6-7-8-9-10-11-12-13-14-24-18-16-25-20(19(18)23)17(22)15-21/h9-10,17-23H,2-8,11-16H2,1H3/b10-9+/t17-,18+,19-,20-/m0/s1. The molecule has 0 aliphatic carbocycles. The maximum atomic E-state index is 10.0. The molecule has 0 radical (unpaired) electrons. The minimum atomic E-state index is -1.06. The van der Waals surface area contributed by atoms with Crippen molar-refractivity contribution in [1.82, 2.24) is 0 Å². The Balaban J connectivity index is 1.93. The summed E-state index contributed by atoms with van der Waals surface area (Å²) in [5, 5.41) is 28.5. The first-order chi connectivity index (χ1) is 12.2. The number of ether oxygens (including phenoxy) is 2. The van der Waals surface area contributed by atoms with E-state index in [1.807, 2.05) is 0 Å². The second-order valence-electron chi connectivity index (χ2n) is 6.97. The van der Waals surface area contributed by atoms with Crippen molar-refractivity contribution in [2.45, 2.75) is 95.5 Å². The van der Waals surface area contributed by atoms with Gasteiger partial charge in [-0.05, 0) is 32.1 Å². The van der Waals surface area contributed by atoms with Crippen LogP contribution in [0.2, 0.25) is 0 Å². The number of unbranched alkanes of at least 4 members (excludes halogenated alkanes) is 8. The minimum absolute atomic E-state index is 0.265. The van der Waals surface area contributed by atoms with Crippen molar-refractivity contribution in [2.24, 2.45) is 0 Å². The van der Waals surface area contributed by atoms with Crippen molar-refractivity contribution in [3.8, 4) is 0 Å². The van der Waals surface area contributed by atoms with Crippen LogP contribution in [-0.2, 0) is 9.47 Å². The molecule has 0 bridgehead atoms. The summed E-state index contributed by atoms with van der Waals surface area (Å²) < 4.78 is 10.9. The van der Waals surface area contributed by atoms with E-state index < -0.39 is 31.0 Å². The quantitative estimate of drug-likeness (QED) is 0.310. The van der Waals surface area contributed by atoms with E-state index in [2.05, 4.69) is 19.1 Å². The van der Waals surface area contributed by atoms with Crippen LogP contribution in [0.5, 0.6) is 0 Å². The first-order valence-corrected chi connectivity index (χ1v) is 10.1. The SMILES string of the molecule is CCCCCCCC/C=C/CCCCO[C@@H]1CO[C@@H]([C@@H](O)CO)[C@H]1O. The Labute approximate surface area is 153 Å². The Hall–Kier alpha value is -0.460. The van der Waals surface area contributed by atoms with Crippen LogP contribution in [0.3, 0.4) is 0 Å².